The van der Waals surface area contributed by atoms with Crippen LogP contribution in [0.1, 0.15) is 0 Å². The monoisotopic (exact) mass is 148 g/mol. The second-order valence-corrected chi connectivity index (χ2v) is 3.69. The molecule has 0 amide bonds. The van der Waals surface area contributed by atoms with Crippen LogP contribution in [-0.2, 0) is 9.84 Å². The number of hydrogen-bond acceptors (Lipinski definition) is 3. The smallest absolute Gasteiger partial charge is 0.217 e. The molecule has 0 aromatic rings. The molecule has 0 spiro atoms. The van der Waals surface area contributed by atoms with Gasteiger partial charge in [0.05, 0.1) is 17.7 Å². The number of rotatable bonds is 0. The number of nitrogens with zero attached hydrogens (tertiary/aromatic N) is 1. The van der Waals surface area contributed by atoms with Gasteiger partial charge in [0.25, 0.3) is 0 Å². The van der Waals surface area contributed by atoms with Crippen LogP contribution in [0.5, 0.6) is 0 Å². The van der Waals surface area contributed by atoms with E-state index in [9.17, 15) is 8.42 Å². The third-order valence-corrected chi connectivity index (χ3v) is 2.26. The predicted molar refractivity (Wildman–Crippen MR) is 31.5 cm³/mol. The van der Waals surface area contributed by atoms with Crippen molar-refractivity contribution < 1.29 is 13.5 Å². The summed E-state index contributed by atoms with van der Waals surface area (Å²) < 4.78 is 21.1. The van der Waals surface area contributed by atoms with Crippen LogP contribution < -0.4 is 5.32 Å². The van der Waals surface area contributed by atoms with Crippen LogP contribution in [0.15, 0.2) is 11.3 Å². The Kier molecular flexibility index (Phi) is 1.36. The van der Waals surface area contributed by atoms with E-state index in [1.165, 1.54) is 0 Å². The highest BCUT2D eigenvalue weighted by molar-refractivity contribution is 7.94. The van der Waals surface area contributed by atoms with Crippen molar-refractivity contribution in [2.45, 2.75) is 0 Å². The Labute approximate surface area is 53.1 Å². The molecule has 1 radical (unpaired) electrons. The van der Waals surface area contributed by atoms with Crippen molar-refractivity contribution in [1.29, 1.82) is 0 Å². The average Bonchev–Trinajstić information content (AvgIpc) is 1.60. The second-order valence-electron chi connectivity index (χ2n) is 1.72. The first-order chi connectivity index (χ1) is 4.10. The molecule has 0 saturated carbocycles. The summed E-state index contributed by atoms with van der Waals surface area (Å²) >= 11 is 0. The van der Waals surface area contributed by atoms with Gasteiger partial charge in [0.2, 0.25) is 5.88 Å². The zero-order valence-corrected chi connectivity index (χ0v) is 5.43. The molecule has 0 saturated heterocycles. The zero-order chi connectivity index (χ0) is 6.91. The molecule has 0 unspecified atom stereocenters. The highest BCUT2D eigenvalue weighted by Crippen LogP contribution is 2.01. The van der Waals surface area contributed by atoms with E-state index in [2.05, 4.69) is 5.32 Å². The van der Waals surface area contributed by atoms with Gasteiger partial charge >= 0.3 is 0 Å². The molecule has 1 aliphatic heterocycles. The number of hydrogen-bond donors (Lipinski definition) is 1. The van der Waals surface area contributed by atoms with Gasteiger partial charge in [-0.3, -0.25) is 5.32 Å². The van der Waals surface area contributed by atoms with Crippen molar-refractivity contribution in [2.75, 3.05) is 12.3 Å². The Balaban J connectivity index is 2.95. The molecule has 0 bridgehead atoms. The average molecular weight is 148 g/mol. The van der Waals surface area contributed by atoms with Gasteiger partial charge in [-0.2, -0.15) is 0 Å². The Hall–Kier alpha value is -0.710. The van der Waals surface area contributed by atoms with E-state index in [1.54, 1.807) is 0 Å². The molecule has 5 heteroatoms. The third kappa shape index (κ3) is 1.60. The normalized spacial score (nSPS) is 24.2. The summed E-state index contributed by atoms with van der Waals surface area (Å²) in [6, 6.07) is 0. The molecule has 4 nitrogen and oxygen atoms in total. The number of aliphatic hydroxyl groups is 1. The Bertz CT molecular complexity index is 228. The molecular formula is C4H6NO3S. The van der Waals surface area contributed by atoms with Crippen LogP contribution in [-0.4, -0.2) is 25.8 Å². The zero-order valence-electron chi connectivity index (χ0n) is 4.61. The van der Waals surface area contributed by atoms with Gasteiger partial charge in [-0.25, -0.2) is 8.42 Å². The highest BCUT2D eigenvalue weighted by atomic mass is 32.2. The predicted octanol–water partition coefficient (Wildman–Crippen LogP) is -0.624. The fourth-order valence-corrected chi connectivity index (χ4v) is 1.40. The Morgan fingerprint density at radius 3 is 2.67 bits per heavy atom. The fourth-order valence-electron chi connectivity index (χ4n) is 0.544. The summed E-state index contributed by atoms with van der Waals surface area (Å²) in [6.45, 7) is 0.171. The molecule has 1 rings (SSSR count). The van der Waals surface area contributed by atoms with Crippen LogP contribution in [0, 0.1) is 0 Å². The summed E-state index contributed by atoms with van der Waals surface area (Å²) in [5.41, 5.74) is 0. The van der Waals surface area contributed by atoms with E-state index in [0.29, 0.717) is 0 Å². The van der Waals surface area contributed by atoms with Crippen molar-refractivity contribution in [3.63, 3.8) is 0 Å². The molecule has 1 heterocycles. The molecule has 0 aromatic carbocycles. The lowest BCUT2D eigenvalue weighted by atomic mass is 10.7. The van der Waals surface area contributed by atoms with Crippen molar-refractivity contribution in [3.05, 3.63) is 11.3 Å². The molecule has 1 N–H and O–H groups in total. The topological polar surface area (TPSA) is 68.5 Å². The van der Waals surface area contributed by atoms with Gasteiger partial charge in [-0.05, 0) is 0 Å². The quantitative estimate of drug-likeness (QED) is 0.497. The van der Waals surface area contributed by atoms with Crippen molar-refractivity contribution in [3.8, 4) is 0 Å². The molecule has 0 aliphatic carbocycles. The summed E-state index contributed by atoms with van der Waals surface area (Å²) in [5, 5.41) is 12.8. The van der Waals surface area contributed by atoms with Crippen LogP contribution in [0.4, 0.5) is 0 Å². The fraction of sp³-hybridized carbons (Fsp3) is 0.500. The Morgan fingerprint density at radius 1 is 1.67 bits per heavy atom. The third-order valence-electron chi connectivity index (χ3n) is 0.935. The maximum atomic E-state index is 10.6. The van der Waals surface area contributed by atoms with E-state index >= 15 is 0 Å². The Morgan fingerprint density at radius 2 is 2.33 bits per heavy atom. The van der Waals surface area contributed by atoms with Crippen molar-refractivity contribution >= 4 is 9.84 Å². The molecule has 9 heavy (non-hydrogen) atoms. The molecule has 0 fully saturated rings. The lowest BCUT2D eigenvalue weighted by Crippen LogP contribution is -2.22. The largest absolute Gasteiger partial charge is 0.493 e. The number of aliphatic hydroxyl groups excluding tert-OH is 1. The molecule has 0 aromatic heterocycles. The van der Waals surface area contributed by atoms with E-state index in [4.69, 9.17) is 5.11 Å². The van der Waals surface area contributed by atoms with Gasteiger partial charge in [0.1, 0.15) is 0 Å². The van der Waals surface area contributed by atoms with E-state index in [1.807, 2.05) is 0 Å². The molecular weight excluding hydrogens is 142 g/mol. The first-order valence-electron chi connectivity index (χ1n) is 2.41. The SMILES string of the molecule is O=S1(=O)C=C(O)[N]CC1. The van der Waals surface area contributed by atoms with Gasteiger partial charge in [0, 0.05) is 0 Å². The van der Waals surface area contributed by atoms with Gasteiger partial charge < -0.3 is 5.11 Å². The van der Waals surface area contributed by atoms with Gasteiger partial charge in [-0.1, -0.05) is 0 Å². The van der Waals surface area contributed by atoms with Crippen LogP contribution >= 0.6 is 0 Å². The van der Waals surface area contributed by atoms with Crippen LogP contribution in [0.2, 0.25) is 0 Å². The first-order valence-corrected chi connectivity index (χ1v) is 4.13. The minimum atomic E-state index is -3.14. The van der Waals surface area contributed by atoms with E-state index in [0.717, 1.165) is 5.41 Å². The lowest BCUT2D eigenvalue weighted by Gasteiger charge is -2.06. The summed E-state index contributed by atoms with van der Waals surface area (Å²) in [6.07, 6.45) is 0. The first kappa shape index (κ1) is 6.41. The van der Waals surface area contributed by atoms with Gasteiger partial charge in [-0.15, -0.1) is 0 Å². The van der Waals surface area contributed by atoms with Crippen LogP contribution in [0.3, 0.4) is 0 Å². The van der Waals surface area contributed by atoms with Crippen molar-refractivity contribution in [1.82, 2.24) is 5.32 Å². The maximum absolute atomic E-state index is 10.6. The minimum Gasteiger partial charge on any atom is -0.493 e. The van der Waals surface area contributed by atoms with Gasteiger partial charge in [0.15, 0.2) is 9.84 Å². The number of sulfone groups is 1. The molecule has 0 atom stereocenters. The van der Waals surface area contributed by atoms with Crippen LogP contribution in [0.25, 0.3) is 0 Å². The van der Waals surface area contributed by atoms with E-state index < -0.39 is 9.84 Å². The van der Waals surface area contributed by atoms with Crippen molar-refractivity contribution in [2.24, 2.45) is 0 Å². The molecule has 51 valence electrons. The highest BCUT2D eigenvalue weighted by Gasteiger charge is 2.14. The van der Waals surface area contributed by atoms with E-state index in [-0.39, 0.29) is 18.2 Å². The summed E-state index contributed by atoms with van der Waals surface area (Å²) in [5.74, 6) is -0.377. The molecule has 1 aliphatic rings. The second kappa shape index (κ2) is 1.91. The maximum Gasteiger partial charge on any atom is 0.217 e. The lowest BCUT2D eigenvalue weighted by molar-refractivity contribution is 0.362. The summed E-state index contributed by atoms with van der Waals surface area (Å²) in [7, 11) is -3.14. The summed E-state index contributed by atoms with van der Waals surface area (Å²) in [4.78, 5) is 0. The standard InChI is InChI=1S/C4H6NO3S/c6-4-3-9(7,8)2-1-5-4/h3,6H,1-2H2. The minimum absolute atomic E-state index is 0.0110.